The van der Waals surface area contributed by atoms with Crippen molar-refractivity contribution in [3.05, 3.63) is 184 Å². The predicted octanol–water partition coefficient (Wildman–Crippen LogP) is 11.8. The molecule has 6 heteroatoms. The maximum absolute atomic E-state index is 6.55. The summed E-state index contributed by atoms with van der Waals surface area (Å²) in [6.07, 6.45) is 27.2. The van der Waals surface area contributed by atoms with E-state index in [9.17, 15) is 0 Å². The molecule has 4 aliphatic rings. The van der Waals surface area contributed by atoms with Gasteiger partial charge in [0.05, 0.1) is 0 Å². The van der Waals surface area contributed by atoms with E-state index in [4.69, 9.17) is 24.1 Å². The third-order valence-corrected chi connectivity index (χ3v) is 11.7. The molecule has 0 radical (unpaired) electrons. The number of fused-ring (bicyclic) bond motifs is 4. The van der Waals surface area contributed by atoms with Crippen LogP contribution in [0, 0.1) is 12.8 Å². The minimum Gasteiger partial charge on any atom is -0.461 e. The lowest BCUT2D eigenvalue weighted by Crippen LogP contribution is -2.10. The van der Waals surface area contributed by atoms with Crippen molar-refractivity contribution >= 4 is 40.0 Å². The first-order chi connectivity index (χ1) is 26.1. The van der Waals surface area contributed by atoms with Crippen molar-refractivity contribution in [2.45, 2.75) is 44.8 Å². The molecule has 0 saturated carbocycles. The molecule has 3 aromatic carbocycles. The number of allylic oxidation sites excluding steroid dienone is 12. The van der Waals surface area contributed by atoms with Crippen molar-refractivity contribution < 1.29 is 9.15 Å². The standard InChI is InChI=1S/C47H39N3O2S/c1-30-13-6-9-19-39(30)51-35-26-24-34(25-27-35)46-48-45(33-15-4-3-5-16-33)49-47(50-46)38-18-12-20-40-44(38)37-28-23-32(29-41(37)52-40)14-7-10-21-42-31(2)36-17-8-11-22-43(36)53-42/h3-11,13-19,21-24,26,28-29,36,43H,12,20,25,27H2,1-2H3/b14-7+,21-10-. The highest BCUT2D eigenvalue weighted by Gasteiger charge is 2.30. The van der Waals surface area contributed by atoms with Crippen molar-refractivity contribution in [3.8, 4) is 17.1 Å². The number of hydrogen-bond donors (Lipinski definition) is 0. The maximum atomic E-state index is 6.55. The number of nitrogens with zero attached hydrogens (tertiary/aromatic N) is 3. The number of aromatic nitrogens is 3. The van der Waals surface area contributed by atoms with Crippen LogP contribution in [0.1, 0.15) is 60.3 Å². The van der Waals surface area contributed by atoms with E-state index in [2.05, 4.69) is 111 Å². The summed E-state index contributed by atoms with van der Waals surface area (Å²) in [5, 5.41) is 1.59. The monoisotopic (exact) mass is 709 g/mol. The highest BCUT2D eigenvalue weighted by atomic mass is 32.2. The first-order valence-corrected chi connectivity index (χ1v) is 19.2. The summed E-state index contributed by atoms with van der Waals surface area (Å²) in [6, 6.07) is 24.7. The highest BCUT2D eigenvalue weighted by Crippen LogP contribution is 2.45. The predicted molar refractivity (Wildman–Crippen MR) is 218 cm³/mol. The zero-order valence-electron chi connectivity index (χ0n) is 29.8. The number of rotatable bonds is 8. The van der Waals surface area contributed by atoms with Crippen molar-refractivity contribution in [1.29, 1.82) is 0 Å². The molecule has 3 aliphatic carbocycles. The van der Waals surface area contributed by atoms with Crippen molar-refractivity contribution in [2.24, 2.45) is 5.92 Å². The zero-order chi connectivity index (χ0) is 35.7. The van der Waals surface area contributed by atoms with E-state index in [-0.39, 0.29) is 0 Å². The number of benzene rings is 3. The van der Waals surface area contributed by atoms with E-state index in [0.29, 0.717) is 28.6 Å². The van der Waals surface area contributed by atoms with E-state index in [1.165, 1.54) is 10.5 Å². The SMILES string of the molecule is CC1=C(/C=C\C=C\c2ccc3c4c(oc3c2)CCC=C4c2nc(C3=CC=C(Oc4ccccc4C)CC3)nc(-c3ccccc3)n2)SC2C=CC=CC12. The molecule has 53 heavy (non-hydrogen) atoms. The second-order valence-corrected chi connectivity index (χ2v) is 15.0. The molecule has 2 aromatic heterocycles. The fourth-order valence-electron chi connectivity index (χ4n) is 7.42. The van der Waals surface area contributed by atoms with Crippen LogP contribution in [0.2, 0.25) is 0 Å². The topological polar surface area (TPSA) is 61.0 Å². The molecule has 3 heterocycles. The van der Waals surface area contributed by atoms with Crippen molar-refractivity contribution in [1.82, 2.24) is 15.0 Å². The lowest BCUT2D eigenvalue weighted by Gasteiger charge is -2.18. The second-order valence-electron chi connectivity index (χ2n) is 13.8. The number of thioether (sulfide) groups is 1. The molecule has 0 amide bonds. The molecule has 2 atom stereocenters. The van der Waals surface area contributed by atoms with Gasteiger partial charge in [0.25, 0.3) is 0 Å². The largest absolute Gasteiger partial charge is 0.461 e. The number of furan rings is 1. The van der Waals surface area contributed by atoms with Gasteiger partial charge in [0, 0.05) is 51.0 Å². The summed E-state index contributed by atoms with van der Waals surface area (Å²) >= 11 is 1.95. The van der Waals surface area contributed by atoms with Gasteiger partial charge in [-0.3, -0.25) is 0 Å². The minimum absolute atomic E-state index is 0.508. The van der Waals surface area contributed by atoms with E-state index < -0.39 is 0 Å². The molecular formula is C47H39N3O2S. The molecule has 5 aromatic rings. The van der Waals surface area contributed by atoms with Crippen LogP contribution in [0.15, 0.2) is 154 Å². The molecule has 2 unspecified atom stereocenters. The molecule has 0 fully saturated rings. The molecule has 1 aliphatic heterocycles. The Morgan fingerprint density at radius 3 is 2.45 bits per heavy atom. The Morgan fingerprint density at radius 2 is 1.60 bits per heavy atom. The first-order valence-electron chi connectivity index (χ1n) is 18.4. The maximum Gasteiger partial charge on any atom is 0.164 e. The lowest BCUT2D eigenvalue weighted by atomic mass is 9.93. The van der Waals surface area contributed by atoms with Crippen LogP contribution >= 0.6 is 11.8 Å². The quantitative estimate of drug-likeness (QED) is 0.150. The fourth-order valence-corrected chi connectivity index (χ4v) is 8.81. The van der Waals surface area contributed by atoms with Gasteiger partial charge in [-0.2, -0.15) is 0 Å². The summed E-state index contributed by atoms with van der Waals surface area (Å²) in [6.45, 7) is 4.32. The van der Waals surface area contributed by atoms with Gasteiger partial charge in [-0.25, -0.2) is 15.0 Å². The van der Waals surface area contributed by atoms with Gasteiger partial charge < -0.3 is 9.15 Å². The fraction of sp³-hybridized carbons (Fsp3) is 0.170. The Morgan fingerprint density at radius 1 is 0.792 bits per heavy atom. The number of ether oxygens (including phenoxy) is 1. The molecule has 260 valence electrons. The normalized spacial score (nSPS) is 19.5. The van der Waals surface area contributed by atoms with Gasteiger partial charge in [-0.05, 0) is 73.7 Å². The molecule has 9 rings (SSSR count). The molecule has 0 saturated heterocycles. The van der Waals surface area contributed by atoms with E-state index in [0.717, 1.165) is 87.3 Å². The van der Waals surface area contributed by atoms with Crippen LogP contribution in [-0.4, -0.2) is 20.2 Å². The summed E-state index contributed by atoms with van der Waals surface area (Å²) in [5.74, 6) is 5.32. The molecular weight excluding hydrogens is 671 g/mol. The second kappa shape index (κ2) is 14.4. The first kappa shape index (κ1) is 33.1. The van der Waals surface area contributed by atoms with Gasteiger partial charge >= 0.3 is 0 Å². The van der Waals surface area contributed by atoms with E-state index >= 15 is 0 Å². The van der Waals surface area contributed by atoms with Gasteiger partial charge in [-0.15, -0.1) is 11.8 Å². The average molecular weight is 710 g/mol. The summed E-state index contributed by atoms with van der Waals surface area (Å²) in [5.41, 5.74) is 8.63. The average Bonchev–Trinajstić information content (AvgIpc) is 3.74. The Hall–Kier alpha value is -5.72. The minimum atomic E-state index is 0.508. The Balaban J connectivity index is 1.01. The van der Waals surface area contributed by atoms with Crippen LogP contribution in [-0.2, 0) is 6.42 Å². The molecule has 0 bridgehead atoms. The van der Waals surface area contributed by atoms with Crippen LogP contribution in [0.5, 0.6) is 5.75 Å². The van der Waals surface area contributed by atoms with Crippen LogP contribution < -0.4 is 4.74 Å². The Bertz CT molecular complexity index is 2490. The molecule has 0 N–H and O–H groups in total. The zero-order valence-corrected chi connectivity index (χ0v) is 30.6. The van der Waals surface area contributed by atoms with Crippen LogP contribution in [0.25, 0.3) is 39.6 Å². The number of para-hydroxylation sites is 1. The van der Waals surface area contributed by atoms with Gasteiger partial charge in [-0.1, -0.05) is 115 Å². The summed E-state index contributed by atoms with van der Waals surface area (Å²) < 4.78 is 12.8. The van der Waals surface area contributed by atoms with E-state index in [1.54, 1.807) is 0 Å². The van der Waals surface area contributed by atoms with Crippen molar-refractivity contribution in [3.63, 3.8) is 0 Å². The van der Waals surface area contributed by atoms with Gasteiger partial charge in [0.1, 0.15) is 22.9 Å². The summed E-state index contributed by atoms with van der Waals surface area (Å²) in [4.78, 5) is 16.6. The third kappa shape index (κ3) is 6.71. The lowest BCUT2D eigenvalue weighted by molar-refractivity contribution is 0.401. The molecule has 0 spiro atoms. The third-order valence-electron chi connectivity index (χ3n) is 10.3. The van der Waals surface area contributed by atoms with Crippen LogP contribution in [0.3, 0.4) is 0 Å². The Kier molecular flexibility index (Phi) is 8.98. The highest BCUT2D eigenvalue weighted by molar-refractivity contribution is 8.04. The van der Waals surface area contributed by atoms with Gasteiger partial charge in [0.2, 0.25) is 0 Å². The number of aryl methyl sites for hydroxylation is 2. The molecule has 5 nitrogen and oxygen atoms in total. The van der Waals surface area contributed by atoms with E-state index in [1.807, 2.05) is 54.2 Å². The van der Waals surface area contributed by atoms with Crippen LogP contribution in [0.4, 0.5) is 0 Å². The smallest absolute Gasteiger partial charge is 0.164 e. The van der Waals surface area contributed by atoms with Gasteiger partial charge in [0.15, 0.2) is 17.5 Å². The summed E-state index contributed by atoms with van der Waals surface area (Å²) in [7, 11) is 0. The number of hydrogen-bond acceptors (Lipinski definition) is 6. The van der Waals surface area contributed by atoms with Crippen molar-refractivity contribution in [2.75, 3.05) is 0 Å². The Labute approximate surface area is 314 Å².